The van der Waals surface area contributed by atoms with Crippen molar-refractivity contribution in [3.63, 3.8) is 0 Å². The molecule has 0 atom stereocenters. The molecule has 0 bridgehead atoms. The number of rotatable bonds is 10. The summed E-state index contributed by atoms with van der Waals surface area (Å²) in [7, 11) is 3.35. The van der Waals surface area contributed by atoms with Crippen LogP contribution < -0.4 is 5.32 Å². The van der Waals surface area contributed by atoms with Crippen LogP contribution in [0.4, 0.5) is 14.6 Å². The number of pyridine rings is 2. The third-order valence-corrected chi connectivity index (χ3v) is 5.75. The summed E-state index contributed by atoms with van der Waals surface area (Å²) in [6.07, 6.45) is 2.54. The zero-order valence-electron chi connectivity index (χ0n) is 20.0. The molecular weight excluding hydrogens is 474 g/mol. The Kier molecular flexibility index (Phi) is 8.73. The Morgan fingerprint density at radius 1 is 1.33 bits per heavy atom. The molecule has 0 unspecified atom stereocenters. The summed E-state index contributed by atoms with van der Waals surface area (Å²) in [6.45, 7) is 1.78. The van der Waals surface area contributed by atoms with Crippen LogP contribution in [0.5, 0.6) is 0 Å². The number of nitrogens with one attached hydrogen (secondary N) is 1. The van der Waals surface area contributed by atoms with Crippen molar-refractivity contribution in [2.24, 2.45) is 0 Å². The van der Waals surface area contributed by atoms with Gasteiger partial charge in [0.25, 0.3) is 0 Å². The molecule has 10 nitrogen and oxygen atoms in total. The average Bonchev–Trinajstić information content (AvgIpc) is 2.86. The van der Waals surface area contributed by atoms with Gasteiger partial charge >= 0.3 is 11.8 Å². The van der Waals surface area contributed by atoms with E-state index in [0.29, 0.717) is 50.0 Å². The second-order valence-electron chi connectivity index (χ2n) is 8.38. The van der Waals surface area contributed by atoms with Crippen LogP contribution in [0, 0.1) is 11.3 Å². The van der Waals surface area contributed by atoms with Crippen molar-refractivity contribution in [3.05, 3.63) is 52.5 Å². The molecule has 2 aromatic heterocycles. The molecule has 0 saturated carbocycles. The van der Waals surface area contributed by atoms with Crippen LogP contribution in [0.25, 0.3) is 0 Å². The first-order valence-electron chi connectivity index (χ1n) is 11.2. The van der Waals surface area contributed by atoms with Gasteiger partial charge in [-0.3, -0.25) is 19.3 Å². The Morgan fingerprint density at radius 3 is 2.78 bits per heavy atom. The summed E-state index contributed by atoms with van der Waals surface area (Å²) in [4.78, 5) is 47.2. The van der Waals surface area contributed by atoms with E-state index in [-0.39, 0.29) is 36.1 Å². The van der Waals surface area contributed by atoms with E-state index in [1.165, 1.54) is 30.3 Å². The van der Waals surface area contributed by atoms with Gasteiger partial charge in [0.1, 0.15) is 23.3 Å². The fourth-order valence-electron chi connectivity index (χ4n) is 3.70. The number of hydrogen-bond donors (Lipinski definition) is 1. The lowest BCUT2D eigenvalue weighted by Gasteiger charge is -2.32. The van der Waals surface area contributed by atoms with Gasteiger partial charge in [0.15, 0.2) is 6.29 Å². The molecule has 190 valence electrons. The SMILES string of the molecule is COCCCc1cc(NC(=O)C(F)(F)c2ccc(CN3CCN(C)CC3=O)c(C=O)n2)ncc1C#N. The van der Waals surface area contributed by atoms with Crippen molar-refractivity contribution >= 4 is 23.9 Å². The number of aromatic nitrogens is 2. The third kappa shape index (κ3) is 6.24. The normalized spacial score (nSPS) is 14.4. The fourth-order valence-corrected chi connectivity index (χ4v) is 3.70. The van der Waals surface area contributed by atoms with E-state index < -0.39 is 17.5 Å². The first-order valence-corrected chi connectivity index (χ1v) is 11.2. The Labute approximate surface area is 206 Å². The summed E-state index contributed by atoms with van der Waals surface area (Å²) in [6, 6.07) is 5.57. The lowest BCUT2D eigenvalue weighted by atomic mass is 10.1. The number of piperazine rings is 1. The molecule has 1 saturated heterocycles. The van der Waals surface area contributed by atoms with Crippen LogP contribution in [0.15, 0.2) is 24.4 Å². The summed E-state index contributed by atoms with van der Waals surface area (Å²) >= 11 is 0. The van der Waals surface area contributed by atoms with Gasteiger partial charge in [0.05, 0.1) is 12.1 Å². The number of likely N-dealkylation sites (N-methyl/N-ethyl adjacent to an activating group) is 1. The number of aryl methyl sites for hydroxylation is 1. The average molecular weight is 501 g/mol. The van der Waals surface area contributed by atoms with E-state index in [4.69, 9.17) is 4.74 Å². The maximum Gasteiger partial charge on any atom is 0.366 e. The Morgan fingerprint density at radius 2 is 2.11 bits per heavy atom. The van der Waals surface area contributed by atoms with Crippen LogP contribution in [-0.2, 0) is 33.2 Å². The van der Waals surface area contributed by atoms with Crippen molar-refractivity contribution in [2.75, 3.05) is 45.7 Å². The standard InChI is InChI=1S/C24H26F2N6O4/c1-31-7-8-32(22(34)14-31)13-17-5-6-20(29-19(17)15-33)24(25,26)23(35)30-21-10-16(4-3-9-36-2)18(11-27)12-28-21/h5-6,10,12,15H,3-4,7-9,13-14H2,1-2H3,(H,28,30,35). The smallest absolute Gasteiger partial charge is 0.366 e. The molecule has 0 radical (unpaired) electrons. The number of hydrogen-bond acceptors (Lipinski definition) is 8. The van der Waals surface area contributed by atoms with E-state index in [1.54, 1.807) is 0 Å². The van der Waals surface area contributed by atoms with Crippen molar-refractivity contribution in [1.82, 2.24) is 19.8 Å². The molecule has 3 rings (SSSR count). The van der Waals surface area contributed by atoms with E-state index in [9.17, 15) is 28.4 Å². The van der Waals surface area contributed by atoms with Crippen molar-refractivity contribution < 1.29 is 27.9 Å². The molecule has 0 spiro atoms. The maximum atomic E-state index is 15.0. The van der Waals surface area contributed by atoms with Gasteiger partial charge in [-0.05, 0) is 37.6 Å². The molecule has 36 heavy (non-hydrogen) atoms. The number of aldehydes is 1. The number of carbonyl (C=O) groups excluding carboxylic acids is 3. The number of alkyl halides is 2. The number of ether oxygens (including phenoxy) is 1. The molecule has 0 aliphatic carbocycles. The minimum Gasteiger partial charge on any atom is -0.385 e. The topological polar surface area (TPSA) is 129 Å². The molecule has 1 N–H and O–H groups in total. The molecule has 3 heterocycles. The number of methoxy groups -OCH3 is 1. The highest BCUT2D eigenvalue weighted by Crippen LogP contribution is 2.29. The highest BCUT2D eigenvalue weighted by molar-refractivity contribution is 5.96. The quantitative estimate of drug-likeness (QED) is 0.386. The first kappa shape index (κ1) is 26.8. The molecule has 2 aromatic rings. The van der Waals surface area contributed by atoms with Crippen LogP contribution in [0.3, 0.4) is 0 Å². The van der Waals surface area contributed by atoms with Gasteiger partial charge in [0, 0.05) is 45.1 Å². The molecule has 1 aliphatic heterocycles. The molecular formula is C24H26F2N6O4. The minimum atomic E-state index is -4.08. The monoisotopic (exact) mass is 500 g/mol. The Bertz CT molecular complexity index is 1180. The second-order valence-corrected chi connectivity index (χ2v) is 8.38. The van der Waals surface area contributed by atoms with Gasteiger partial charge < -0.3 is 15.0 Å². The van der Waals surface area contributed by atoms with Gasteiger partial charge in [-0.25, -0.2) is 9.97 Å². The zero-order chi connectivity index (χ0) is 26.3. The fraction of sp³-hybridized carbons (Fsp3) is 0.417. The van der Waals surface area contributed by atoms with Crippen molar-refractivity contribution in [1.29, 1.82) is 5.26 Å². The van der Waals surface area contributed by atoms with E-state index in [1.807, 2.05) is 18.0 Å². The lowest BCUT2D eigenvalue weighted by Crippen LogP contribution is -2.48. The van der Waals surface area contributed by atoms with Crippen LogP contribution in [0.2, 0.25) is 0 Å². The lowest BCUT2D eigenvalue weighted by molar-refractivity contribution is -0.141. The summed E-state index contributed by atoms with van der Waals surface area (Å²) in [5.74, 6) is -6.06. The number of amides is 2. The van der Waals surface area contributed by atoms with Gasteiger partial charge in [-0.15, -0.1) is 0 Å². The highest BCUT2D eigenvalue weighted by Gasteiger charge is 2.43. The number of carbonyl (C=O) groups is 3. The van der Waals surface area contributed by atoms with Crippen molar-refractivity contribution in [3.8, 4) is 6.07 Å². The third-order valence-electron chi connectivity index (χ3n) is 5.75. The van der Waals surface area contributed by atoms with Gasteiger partial charge in [0.2, 0.25) is 5.91 Å². The maximum absolute atomic E-state index is 15.0. The number of anilines is 1. The second kappa shape index (κ2) is 11.7. The van der Waals surface area contributed by atoms with Crippen LogP contribution in [0.1, 0.15) is 39.3 Å². The summed E-state index contributed by atoms with van der Waals surface area (Å²) in [5, 5.41) is 11.3. The van der Waals surface area contributed by atoms with Gasteiger partial charge in [-0.1, -0.05) is 6.07 Å². The Hall–Kier alpha value is -3.82. The minimum absolute atomic E-state index is 0.0484. The summed E-state index contributed by atoms with van der Waals surface area (Å²) < 4.78 is 35.0. The predicted molar refractivity (Wildman–Crippen MR) is 124 cm³/mol. The predicted octanol–water partition coefficient (Wildman–Crippen LogP) is 1.74. The number of halogens is 2. The highest BCUT2D eigenvalue weighted by atomic mass is 19.3. The van der Waals surface area contributed by atoms with Crippen LogP contribution >= 0.6 is 0 Å². The first-order chi connectivity index (χ1) is 17.2. The Balaban J connectivity index is 1.77. The van der Waals surface area contributed by atoms with E-state index >= 15 is 0 Å². The number of nitrogens with zero attached hydrogens (tertiary/aromatic N) is 5. The summed E-state index contributed by atoms with van der Waals surface area (Å²) in [5.41, 5.74) is -0.0830. The van der Waals surface area contributed by atoms with E-state index in [0.717, 1.165) is 6.07 Å². The van der Waals surface area contributed by atoms with Crippen LogP contribution in [-0.4, -0.2) is 78.3 Å². The molecule has 1 aliphatic rings. The molecule has 2 amide bonds. The number of nitriles is 1. The van der Waals surface area contributed by atoms with Gasteiger partial charge in [-0.2, -0.15) is 14.0 Å². The molecule has 12 heteroatoms. The molecule has 1 fully saturated rings. The van der Waals surface area contributed by atoms with E-state index in [2.05, 4.69) is 15.3 Å². The largest absolute Gasteiger partial charge is 0.385 e. The molecule has 0 aromatic carbocycles. The van der Waals surface area contributed by atoms with Crippen molar-refractivity contribution in [2.45, 2.75) is 25.3 Å². The zero-order valence-corrected chi connectivity index (χ0v) is 20.0.